The Morgan fingerprint density at radius 2 is 2.15 bits per heavy atom. The predicted octanol–water partition coefficient (Wildman–Crippen LogP) is 3.51. The van der Waals surface area contributed by atoms with E-state index in [-0.39, 0.29) is 6.10 Å². The van der Waals surface area contributed by atoms with Crippen LogP contribution >= 0.6 is 0 Å². The largest absolute Gasteiger partial charge is 0.376 e. The number of nitrogens with one attached hydrogen (secondary N) is 3. The van der Waals surface area contributed by atoms with Gasteiger partial charge in [-0.05, 0) is 37.8 Å². The summed E-state index contributed by atoms with van der Waals surface area (Å²) in [5, 5.41) is 8.01. The van der Waals surface area contributed by atoms with Gasteiger partial charge in [-0.15, -0.1) is 0 Å². The lowest BCUT2D eigenvalue weighted by molar-refractivity contribution is 0.120. The third-order valence-corrected chi connectivity index (χ3v) is 4.74. The minimum Gasteiger partial charge on any atom is -0.376 e. The van der Waals surface area contributed by atoms with Gasteiger partial charge < -0.3 is 20.4 Å². The van der Waals surface area contributed by atoms with E-state index in [0.29, 0.717) is 5.95 Å². The Kier molecular flexibility index (Phi) is 5.02. The van der Waals surface area contributed by atoms with Gasteiger partial charge in [-0.25, -0.2) is 4.98 Å². The van der Waals surface area contributed by atoms with Crippen LogP contribution in [0.5, 0.6) is 0 Å². The molecule has 2 aromatic heterocycles. The second kappa shape index (κ2) is 7.74. The van der Waals surface area contributed by atoms with Crippen LogP contribution in [-0.4, -0.2) is 40.8 Å². The van der Waals surface area contributed by atoms with Crippen LogP contribution in [0.25, 0.3) is 10.9 Å². The highest BCUT2D eigenvalue weighted by Gasteiger charge is 2.15. The lowest BCUT2D eigenvalue weighted by Crippen LogP contribution is -2.20. The van der Waals surface area contributed by atoms with Crippen molar-refractivity contribution in [2.24, 2.45) is 0 Å². The molecule has 1 aromatic carbocycles. The van der Waals surface area contributed by atoms with E-state index in [1.807, 2.05) is 13.0 Å². The highest BCUT2D eigenvalue weighted by molar-refractivity contribution is 5.83. The molecule has 1 saturated heterocycles. The molecule has 3 aromatic rings. The summed E-state index contributed by atoms with van der Waals surface area (Å²) < 4.78 is 5.64. The van der Waals surface area contributed by atoms with Crippen LogP contribution in [0, 0.1) is 6.92 Å². The minimum atomic E-state index is 0.275. The lowest BCUT2D eigenvalue weighted by atomic mass is 10.1. The number of anilines is 2. The summed E-state index contributed by atoms with van der Waals surface area (Å²) in [5.41, 5.74) is 3.45. The number of H-pyrrole nitrogens is 1. The number of hydrogen-bond donors (Lipinski definition) is 3. The van der Waals surface area contributed by atoms with Gasteiger partial charge >= 0.3 is 0 Å². The molecule has 0 aliphatic carbocycles. The van der Waals surface area contributed by atoms with Crippen molar-refractivity contribution >= 4 is 22.7 Å². The molecule has 6 nitrogen and oxygen atoms in total. The first-order valence-electron chi connectivity index (χ1n) is 9.28. The van der Waals surface area contributed by atoms with Gasteiger partial charge in [0.1, 0.15) is 5.82 Å². The maximum absolute atomic E-state index is 5.64. The van der Waals surface area contributed by atoms with Crippen molar-refractivity contribution in [3.05, 3.63) is 47.8 Å². The van der Waals surface area contributed by atoms with E-state index in [0.717, 1.165) is 50.5 Å². The molecule has 0 saturated carbocycles. The normalized spacial score (nSPS) is 16.9. The molecule has 1 aliphatic rings. The number of rotatable bonds is 7. The van der Waals surface area contributed by atoms with Crippen LogP contribution in [0.1, 0.15) is 24.1 Å². The molecule has 1 unspecified atom stereocenters. The monoisotopic (exact) mass is 351 g/mol. The Balaban J connectivity index is 1.35. The average molecular weight is 351 g/mol. The maximum atomic E-state index is 5.64. The fraction of sp³-hybridized carbons (Fsp3) is 0.400. The quantitative estimate of drug-likeness (QED) is 0.607. The molecule has 26 heavy (non-hydrogen) atoms. The summed E-state index contributed by atoms with van der Waals surface area (Å²) in [5.74, 6) is 1.52. The van der Waals surface area contributed by atoms with Gasteiger partial charge in [0, 0.05) is 48.6 Å². The first kappa shape index (κ1) is 16.8. The molecule has 136 valence electrons. The van der Waals surface area contributed by atoms with Crippen LogP contribution < -0.4 is 10.6 Å². The van der Waals surface area contributed by atoms with Crippen molar-refractivity contribution in [1.82, 2.24) is 15.0 Å². The van der Waals surface area contributed by atoms with Crippen LogP contribution in [0.2, 0.25) is 0 Å². The highest BCUT2D eigenvalue weighted by atomic mass is 16.5. The van der Waals surface area contributed by atoms with E-state index < -0.39 is 0 Å². The second-order valence-corrected chi connectivity index (χ2v) is 6.77. The number of aryl methyl sites for hydroxylation is 1. The number of ether oxygens (including phenoxy) is 1. The van der Waals surface area contributed by atoms with Crippen molar-refractivity contribution in [3.8, 4) is 0 Å². The molecule has 1 fully saturated rings. The number of aromatic nitrogens is 3. The minimum absolute atomic E-state index is 0.275. The summed E-state index contributed by atoms with van der Waals surface area (Å²) in [6.45, 7) is 4.44. The van der Waals surface area contributed by atoms with Crippen molar-refractivity contribution in [2.75, 3.05) is 30.3 Å². The van der Waals surface area contributed by atoms with E-state index in [4.69, 9.17) is 4.74 Å². The summed E-state index contributed by atoms with van der Waals surface area (Å²) in [6, 6.07) is 10.4. The third kappa shape index (κ3) is 3.96. The molecule has 3 heterocycles. The van der Waals surface area contributed by atoms with Crippen molar-refractivity contribution in [3.63, 3.8) is 0 Å². The van der Waals surface area contributed by atoms with Gasteiger partial charge in [-0.2, -0.15) is 4.98 Å². The molecule has 3 N–H and O–H groups in total. The lowest BCUT2D eigenvalue weighted by Gasteiger charge is -2.12. The smallest absolute Gasteiger partial charge is 0.224 e. The Labute approximate surface area is 153 Å². The number of nitrogens with zero attached hydrogens (tertiary/aromatic N) is 2. The van der Waals surface area contributed by atoms with Crippen molar-refractivity contribution < 1.29 is 4.74 Å². The first-order valence-corrected chi connectivity index (χ1v) is 9.28. The van der Waals surface area contributed by atoms with Crippen LogP contribution in [0.15, 0.2) is 36.5 Å². The van der Waals surface area contributed by atoms with Crippen LogP contribution in [0.3, 0.4) is 0 Å². The number of aromatic amines is 1. The number of hydrogen-bond acceptors (Lipinski definition) is 5. The van der Waals surface area contributed by atoms with Gasteiger partial charge in [-0.3, -0.25) is 0 Å². The average Bonchev–Trinajstić information content (AvgIpc) is 3.30. The standard InChI is InChI=1S/C20H25N5O/c1-14-11-19(25-20(24-14)23-13-16-5-4-10-26-16)21-9-8-15-12-22-18-7-3-2-6-17(15)18/h2-3,6-7,11-12,16,22H,4-5,8-10,13H2,1H3,(H2,21,23,24,25). The van der Waals surface area contributed by atoms with Gasteiger partial charge in [0.25, 0.3) is 0 Å². The molecule has 1 atom stereocenters. The van der Waals surface area contributed by atoms with Crippen LogP contribution in [-0.2, 0) is 11.2 Å². The summed E-state index contributed by atoms with van der Waals surface area (Å²) in [6.07, 6.45) is 5.55. The van der Waals surface area contributed by atoms with E-state index in [2.05, 4.69) is 56.0 Å². The van der Waals surface area contributed by atoms with Gasteiger partial charge in [-0.1, -0.05) is 18.2 Å². The summed E-state index contributed by atoms with van der Waals surface area (Å²) >= 11 is 0. The zero-order valence-corrected chi connectivity index (χ0v) is 15.1. The molecule has 0 spiro atoms. The Hall–Kier alpha value is -2.60. The summed E-state index contributed by atoms with van der Waals surface area (Å²) in [4.78, 5) is 12.4. The molecule has 6 heteroatoms. The predicted molar refractivity (Wildman–Crippen MR) is 105 cm³/mol. The van der Waals surface area contributed by atoms with E-state index in [9.17, 15) is 0 Å². The van der Waals surface area contributed by atoms with Crippen molar-refractivity contribution in [2.45, 2.75) is 32.3 Å². The second-order valence-electron chi connectivity index (χ2n) is 6.77. The number of fused-ring (bicyclic) bond motifs is 1. The number of para-hydroxylation sites is 1. The Morgan fingerprint density at radius 3 is 3.04 bits per heavy atom. The van der Waals surface area contributed by atoms with Crippen molar-refractivity contribution in [1.29, 1.82) is 0 Å². The fourth-order valence-corrected chi connectivity index (χ4v) is 3.41. The van der Waals surface area contributed by atoms with Crippen LogP contribution in [0.4, 0.5) is 11.8 Å². The topological polar surface area (TPSA) is 74.9 Å². The Bertz CT molecular complexity index is 870. The van der Waals surface area contributed by atoms with Gasteiger partial charge in [0.15, 0.2) is 0 Å². The number of benzene rings is 1. The van der Waals surface area contributed by atoms with E-state index in [1.165, 1.54) is 16.5 Å². The van der Waals surface area contributed by atoms with E-state index in [1.54, 1.807) is 0 Å². The molecule has 0 amide bonds. The SMILES string of the molecule is Cc1cc(NCCc2c[nH]c3ccccc23)nc(NCC2CCCO2)n1. The molecule has 0 bridgehead atoms. The van der Waals surface area contributed by atoms with Gasteiger partial charge in [0.05, 0.1) is 6.10 Å². The first-order chi connectivity index (χ1) is 12.8. The maximum Gasteiger partial charge on any atom is 0.224 e. The third-order valence-electron chi connectivity index (χ3n) is 4.74. The zero-order valence-electron chi connectivity index (χ0n) is 15.1. The molecule has 4 rings (SSSR count). The fourth-order valence-electron chi connectivity index (χ4n) is 3.41. The molecular formula is C20H25N5O. The molecule has 1 aliphatic heterocycles. The molecular weight excluding hydrogens is 326 g/mol. The molecule has 0 radical (unpaired) electrons. The summed E-state index contributed by atoms with van der Waals surface area (Å²) in [7, 11) is 0. The highest BCUT2D eigenvalue weighted by Crippen LogP contribution is 2.18. The van der Waals surface area contributed by atoms with Gasteiger partial charge in [0.2, 0.25) is 5.95 Å². The van der Waals surface area contributed by atoms with E-state index >= 15 is 0 Å². The zero-order chi connectivity index (χ0) is 17.8. The Morgan fingerprint density at radius 1 is 1.23 bits per heavy atom.